The molecule has 1 aromatic heterocycles. The van der Waals surface area contributed by atoms with Crippen molar-refractivity contribution >= 4 is 29.0 Å². The van der Waals surface area contributed by atoms with Gasteiger partial charge in [0.1, 0.15) is 0 Å². The third kappa shape index (κ3) is 4.67. The second-order valence-corrected chi connectivity index (χ2v) is 7.32. The molecule has 0 fully saturated rings. The fourth-order valence-electron chi connectivity index (χ4n) is 2.34. The van der Waals surface area contributed by atoms with Gasteiger partial charge in [0.25, 0.3) is 0 Å². The van der Waals surface area contributed by atoms with Gasteiger partial charge in [0.2, 0.25) is 5.91 Å². The summed E-state index contributed by atoms with van der Waals surface area (Å²) in [6, 6.07) is 17.0. The molecular weight excluding hydrogens is 360 g/mol. The quantitative estimate of drug-likeness (QED) is 0.613. The molecule has 3 rings (SSSR count). The Balaban J connectivity index is 1.67. The molecule has 0 aliphatic heterocycles. The van der Waals surface area contributed by atoms with Crippen LogP contribution >= 0.6 is 23.1 Å². The summed E-state index contributed by atoms with van der Waals surface area (Å²) in [7, 11) is 0. The summed E-state index contributed by atoms with van der Waals surface area (Å²) in [5, 5.41) is 4.98. The topological polar surface area (TPSA) is 29.1 Å². The maximum absolute atomic E-state index is 13.2. The van der Waals surface area contributed by atoms with Gasteiger partial charge in [-0.1, -0.05) is 36.4 Å². The number of amides is 1. The summed E-state index contributed by atoms with van der Waals surface area (Å²) >= 11 is 2.74. The van der Waals surface area contributed by atoms with Gasteiger partial charge in [-0.25, -0.2) is 8.78 Å². The summed E-state index contributed by atoms with van der Waals surface area (Å²) in [6.07, 6.45) is 0. The van der Waals surface area contributed by atoms with E-state index >= 15 is 0 Å². The highest BCUT2D eigenvalue weighted by atomic mass is 32.2. The van der Waals surface area contributed by atoms with Gasteiger partial charge in [-0.3, -0.25) is 4.79 Å². The lowest BCUT2D eigenvalue weighted by molar-refractivity contribution is -0.119. The SMILES string of the molecule is O=C(CSc1ccc(F)c(F)c1)N[C@H](c1ccccc1)c1cccs1. The number of halogens is 2. The third-order valence-electron chi connectivity index (χ3n) is 3.53. The zero-order valence-corrected chi connectivity index (χ0v) is 14.7. The van der Waals surface area contributed by atoms with Crippen LogP contribution in [0.4, 0.5) is 8.78 Å². The smallest absolute Gasteiger partial charge is 0.231 e. The van der Waals surface area contributed by atoms with Crippen LogP contribution in [0.25, 0.3) is 0 Å². The van der Waals surface area contributed by atoms with E-state index in [-0.39, 0.29) is 17.7 Å². The fraction of sp³-hybridized carbons (Fsp3) is 0.105. The van der Waals surface area contributed by atoms with E-state index < -0.39 is 11.6 Å². The van der Waals surface area contributed by atoms with Crippen molar-refractivity contribution in [2.75, 3.05) is 5.75 Å². The first-order chi connectivity index (χ1) is 12.1. The number of hydrogen-bond acceptors (Lipinski definition) is 3. The van der Waals surface area contributed by atoms with Crippen LogP contribution in [-0.4, -0.2) is 11.7 Å². The summed E-state index contributed by atoms with van der Waals surface area (Å²) in [6.45, 7) is 0. The maximum Gasteiger partial charge on any atom is 0.231 e. The van der Waals surface area contributed by atoms with E-state index in [9.17, 15) is 13.6 Å². The van der Waals surface area contributed by atoms with Gasteiger partial charge in [0.15, 0.2) is 11.6 Å². The first kappa shape index (κ1) is 17.6. The van der Waals surface area contributed by atoms with Crippen LogP contribution in [0.15, 0.2) is 70.9 Å². The number of hydrogen-bond donors (Lipinski definition) is 1. The lowest BCUT2D eigenvalue weighted by Gasteiger charge is -2.18. The minimum Gasteiger partial charge on any atom is -0.344 e. The van der Waals surface area contributed by atoms with Crippen molar-refractivity contribution < 1.29 is 13.6 Å². The molecule has 0 aliphatic rings. The molecule has 2 aromatic carbocycles. The molecule has 6 heteroatoms. The summed E-state index contributed by atoms with van der Waals surface area (Å²) < 4.78 is 26.2. The molecule has 0 radical (unpaired) electrons. The molecule has 0 saturated heterocycles. The van der Waals surface area contributed by atoms with Crippen LogP contribution in [0.3, 0.4) is 0 Å². The Morgan fingerprint density at radius 1 is 1.04 bits per heavy atom. The van der Waals surface area contributed by atoms with Gasteiger partial charge < -0.3 is 5.32 Å². The minimum absolute atomic E-state index is 0.125. The van der Waals surface area contributed by atoms with Crippen molar-refractivity contribution in [1.82, 2.24) is 5.32 Å². The molecule has 25 heavy (non-hydrogen) atoms. The van der Waals surface area contributed by atoms with E-state index in [0.29, 0.717) is 4.90 Å². The standard InChI is InChI=1S/C19H15F2NOS2/c20-15-9-8-14(11-16(15)21)25-12-18(23)22-19(17-7-4-10-24-17)13-5-2-1-3-6-13/h1-11,19H,12H2,(H,22,23)/t19-/m1/s1. The van der Waals surface area contributed by atoms with E-state index in [1.165, 1.54) is 17.8 Å². The molecule has 1 amide bonds. The summed E-state index contributed by atoms with van der Waals surface area (Å²) in [5.41, 5.74) is 0.996. The Labute approximate surface area is 152 Å². The summed E-state index contributed by atoms with van der Waals surface area (Å²) in [5.74, 6) is -1.85. The first-order valence-corrected chi connectivity index (χ1v) is 9.45. The highest BCUT2D eigenvalue weighted by molar-refractivity contribution is 8.00. The van der Waals surface area contributed by atoms with Crippen LogP contribution < -0.4 is 5.32 Å². The van der Waals surface area contributed by atoms with Crippen LogP contribution in [0.2, 0.25) is 0 Å². The van der Waals surface area contributed by atoms with Crippen molar-refractivity contribution in [1.29, 1.82) is 0 Å². The lowest BCUT2D eigenvalue weighted by Crippen LogP contribution is -2.30. The first-order valence-electron chi connectivity index (χ1n) is 7.59. The maximum atomic E-state index is 13.2. The Bertz CT molecular complexity index is 838. The van der Waals surface area contributed by atoms with E-state index in [4.69, 9.17) is 0 Å². The van der Waals surface area contributed by atoms with Gasteiger partial charge in [-0.05, 0) is 35.2 Å². The zero-order valence-electron chi connectivity index (χ0n) is 13.1. The molecular formula is C19H15F2NOS2. The molecule has 0 unspecified atom stereocenters. The number of carbonyl (C=O) groups is 1. The number of thioether (sulfide) groups is 1. The number of benzene rings is 2. The normalized spacial score (nSPS) is 11.9. The molecule has 0 bridgehead atoms. The molecule has 1 heterocycles. The van der Waals surface area contributed by atoms with Crippen LogP contribution in [0.1, 0.15) is 16.5 Å². The fourth-order valence-corrected chi connectivity index (χ4v) is 3.87. The monoisotopic (exact) mass is 375 g/mol. The van der Waals surface area contributed by atoms with Gasteiger partial charge in [-0.15, -0.1) is 23.1 Å². The van der Waals surface area contributed by atoms with Gasteiger partial charge >= 0.3 is 0 Å². The molecule has 0 aliphatic carbocycles. The predicted octanol–water partition coefficient (Wildman–Crippen LogP) is 5.02. The predicted molar refractivity (Wildman–Crippen MR) is 97.8 cm³/mol. The lowest BCUT2D eigenvalue weighted by atomic mass is 10.1. The Hall–Kier alpha value is -2.18. The minimum atomic E-state index is -0.911. The van der Waals surface area contributed by atoms with Crippen molar-refractivity contribution in [3.8, 4) is 0 Å². The molecule has 1 atom stereocenters. The number of rotatable bonds is 6. The molecule has 3 aromatic rings. The Kier molecular flexibility index (Phi) is 5.83. The van der Waals surface area contributed by atoms with Crippen molar-refractivity contribution in [2.45, 2.75) is 10.9 Å². The molecule has 1 N–H and O–H groups in total. The van der Waals surface area contributed by atoms with E-state index in [2.05, 4.69) is 5.32 Å². The molecule has 0 saturated carbocycles. The number of thiophene rings is 1. The van der Waals surface area contributed by atoms with E-state index in [0.717, 1.165) is 22.6 Å². The van der Waals surface area contributed by atoms with Gasteiger partial charge in [-0.2, -0.15) is 0 Å². The molecule has 128 valence electrons. The molecule has 0 spiro atoms. The van der Waals surface area contributed by atoms with Crippen molar-refractivity contribution in [2.24, 2.45) is 0 Å². The highest BCUT2D eigenvalue weighted by Gasteiger charge is 2.17. The van der Waals surface area contributed by atoms with E-state index in [1.54, 1.807) is 11.3 Å². The second-order valence-electron chi connectivity index (χ2n) is 5.29. The summed E-state index contributed by atoms with van der Waals surface area (Å²) in [4.78, 5) is 13.9. The second kappa shape index (κ2) is 8.27. The Morgan fingerprint density at radius 3 is 2.52 bits per heavy atom. The van der Waals surface area contributed by atoms with E-state index in [1.807, 2.05) is 47.8 Å². The third-order valence-corrected chi connectivity index (χ3v) is 5.46. The zero-order chi connectivity index (χ0) is 17.6. The Morgan fingerprint density at radius 2 is 1.84 bits per heavy atom. The van der Waals surface area contributed by atoms with Crippen LogP contribution in [0.5, 0.6) is 0 Å². The van der Waals surface area contributed by atoms with Gasteiger partial charge in [0, 0.05) is 9.77 Å². The number of carbonyl (C=O) groups excluding carboxylic acids is 1. The highest BCUT2D eigenvalue weighted by Crippen LogP contribution is 2.26. The largest absolute Gasteiger partial charge is 0.344 e. The number of nitrogens with one attached hydrogen (secondary N) is 1. The van der Waals surface area contributed by atoms with Crippen molar-refractivity contribution in [3.05, 3.63) is 88.1 Å². The molecule has 2 nitrogen and oxygen atoms in total. The van der Waals surface area contributed by atoms with Crippen LogP contribution in [-0.2, 0) is 4.79 Å². The average molecular weight is 375 g/mol. The van der Waals surface area contributed by atoms with Crippen molar-refractivity contribution in [3.63, 3.8) is 0 Å². The average Bonchev–Trinajstić information content (AvgIpc) is 3.16. The van der Waals surface area contributed by atoms with Crippen LogP contribution in [0, 0.1) is 11.6 Å². The van der Waals surface area contributed by atoms with Gasteiger partial charge in [0.05, 0.1) is 11.8 Å².